The van der Waals surface area contributed by atoms with Crippen molar-refractivity contribution in [2.75, 3.05) is 6.61 Å². The Labute approximate surface area is 132 Å². The van der Waals surface area contributed by atoms with Crippen LogP contribution in [0.5, 0.6) is 5.75 Å². The van der Waals surface area contributed by atoms with Crippen molar-refractivity contribution in [3.63, 3.8) is 0 Å². The third kappa shape index (κ3) is 3.01. The quantitative estimate of drug-likeness (QED) is 0.687. The summed E-state index contributed by atoms with van der Waals surface area (Å²) >= 11 is 0. The predicted molar refractivity (Wildman–Crippen MR) is 81.0 cm³/mol. The van der Waals surface area contributed by atoms with Crippen LogP contribution in [0, 0.1) is 10.1 Å². The summed E-state index contributed by atoms with van der Waals surface area (Å²) in [7, 11) is 0. The Morgan fingerprint density at radius 1 is 1.52 bits per heavy atom. The molecule has 1 aromatic heterocycles. The molecule has 0 radical (unpaired) electrons. The monoisotopic (exact) mass is 316 g/mol. The second-order valence-electron chi connectivity index (χ2n) is 5.35. The van der Waals surface area contributed by atoms with Crippen LogP contribution in [0.2, 0.25) is 0 Å². The third-order valence-electron chi connectivity index (χ3n) is 3.85. The lowest BCUT2D eigenvalue weighted by Gasteiger charge is -2.27. The molecule has 0 bridgehead atoms. The highest BCUT2D eigenvalue weighted by atomic mass is 16.6. The van der Waals surface area contributed by atoms with Gasteiger partial charge < -0.3 is 10.1 Å². The van der Waals surface area contributed by atoms with E-state index in [0.29, 0.717) is 13.0 Å². The van der Waals surface area contributed by atoms with Gasteiger partial charge in [0.2, 0.25) is 5.91 Å². The molecule has 0 spiro atoms. The van der Waals surface area contributed by atoms with Gasteiger partial charge in [0.1, 0.15) is 24.2 Å². The van der Waals surface area contributed by atoms with Crippen LogP contribution in [-0.4, -0.2) is 27.2 Å². The van der Waals surface area contributed by atoms with Gasteiger partial charge in [-0.3, -0.25) is 19.6 Å². The molecule has 3 rings (SSSR count). The van der Waals surface area contributed by atoms with Crippen LogP contribution in [-0.2, 0) is 4.79 Å². The fourth-order valence-corrected chi connectivity index (χ4v) is 2.54. The van der Waals surface area contributed by atoms with E-state index in [1.165, 1.54) is 10.9 Å². The van der Waals surface area contributed by atoms with Gasteiger partial charge in [-0.05, 0) is 13.0 Å². The number of benzene rings is 1. The molecule has 1 aliphatic heterocycles. The third-order valence-corrected chi connectivity index (χ3v) is 3.85. The van der Waals surface area contributed by atoms with E-state index in [2.05, 4.69) is 10.4 Å². The van der Waals surface area contributed by atoms with Crippen LogP contribution in [0.1, 0.15) is 31.0 Å². The lowest BCUT2D eigenvalue weighted by atomic mass is 10.0. The number of hydrogen-bond acceptors (Lipinski definition) is 5. The minimum absolute atomic E-state index is 0.138. The van der Waals surface area contributed by atoms with Gasteiger partial charge in [-0.15, -0.1) is 0 Å². The Hall–Kier alpha value is -2.90. The van der Waals surface area contributed by atoms with Gasteiger partial charge in [0.25, 0.3) is 0 Å². The molecule has 8 nitrogen and oxygen atoms in total. The molecule has 23 heavy (non-hydrogen) atoms. The second kappa shape index (κ2) is 6.07. The number of carbonyl (C=O) groups excluding carboxylic acids is 1. The van der Waals surface area contributed by atoms with Crippen molar-refractivity contribution >= 4 is 11.6 Å². The Kier molecular flexibility index (Phi) is 3.96. The number of carbonyl (C=O) groups is 1. The Bertz CT molecular complexity index is 743. The smallest absolute Gasteiger partial charge is 0.307 e. The van der Waals surface area contributed by atoms with Crippen LogP contribution in [0.4, 0.5) is 5.69 Å². The largest absolute Gasteiger partial charge is 0.493 e. The Morgan fingerprint density at radius 2 is 2.30 bits per heavy atom. The lowest BCUT2D eigenvalue weighted by molar-refractivity contribution is -0.385. The summed E-state index contributed by atoms with van der Waals surface area (Å²) in [6.45, 7) is 2.18. The minimum Gasteiger partial charge on any atom is -0.493 e. The van der Waals surface area contributed by atoms with Crippen LogP contribution < -0.4 is 10.1 Å². The number of ether oxygens (including phenoxy) is 1. The number of rotatable bonds is 4. The molecule has 2 aromatic rings. The van der Waals surface area contributed by atoms with Gasteiger partial charge in [0.05, 0.1) is 17.6 Å². The number of nitro groups is 1. The first-order valence-corrected chi connectivity index (χ1v) is 7.27. The number of para-hydroxylation sites is 1. The van der Waals surface area contributed by atoms with Crippen molar-refractivity contribution in [1.29, 1.82) is 0 Å². The Morgan fingerprint density at radius 3 is 3.04 bits per heavy atom. The van der Waals surface area contributed by atoms with Gasteiger partial charge in [-0.1, -0.05) is 18.2 Å². The molecular weight excluding hydrogens is 300 g/mol. The molecule has 8 heteroatoms. The van der Waals surface area contributed by atoms with Gasteiger partial charge in [-0.25, -0.2) is 0 Å². The minimum atomic E-state index is -0.640. The van der Waals surface area contributed by atoms with E-state index in [0.717, 1.165) is 17.5 Å². The average Bonchev–Trinajstić information content (AvgIpc) is 3.04. The number of amides is 1. The molecule has 0 saturated carbocycles. The number of fused-ring (bicyclic) bond motifs is 1. The first-order chi connectivity index (χ1) is 11.1. The first-order valence-electron chi connectivity index (χ1n) is 7.27. The fourth-order valence-electron chi connectivity index (χ4n) is 2.54. The van der Waals surface area contributed by atoms with E-state index in [1.807, 2.05) is 24.3 Å². The molecule has 0 unspecified atom stereocenters. The zero-order valence-electron chi connectivity index (χ0n) is 12.5. The molecule has 0 fully saturated rings. The van der Waals surface area contributed by atoms with Crippen molar-refractivity contribution in [2.24, 2.45) is 0 Å². The highest BCUT2D eigenvalue weighted by Crippen LogP contribution is 2.31. The van der Waals surface area contributed by atoms with Crippen LogP contribution in [0.3, 0.4) is 0 Å². The first kappa shape index (κ1) is 15.0. The number of aromatic nitrogens is 2. The van der Waals surface area contributed by atoms with Crippen LogP contribution in [0.15, 0.2) is 36.7 Å². The SMILES string of the molecule is C[C@@H](C(=O)N[C@H]1CCOc2ccccc21)n1cc([N+](=O)[O-])cn1. The zero-order chi connectivity index (χ0) is 16.4. The van der Waals surface area contributed by atoms with E-state index in [-0.39, 0.29) is 17.6 Å². The van der Waals surface area contributed by atoms with Gasteiger partial charge in [-0.2, -0.15) is 5.10 Å². The maximum atomic E-state index is 12.4. The number of nitrogens with zero attached hydrogens (tertiary/aromatic N) is 3. The molecule has 120 valence electrons. The molecule has 1 amide bonds. The molecule has 2 heterocycles. The molecular formula is C15H16N4O4. The van der Waals surface area contributed by atoms with Gasteiger partial charge >= 0.3 is 5.69 Å². The predicted octanol–water partition coefficient (Wildman–Crippen LogP) is 1.99. The summed E-state index contributed by atoms with van der Waals surface area (Å²) in [5, 5.41) is 17.5. The van der Waals surface area contributed by atoms with Crippen LogP contribution >= 0.6 is 0 Å². The summed E-state index contributed by atoms with van der Waals surface area (Å²) in [4.78, 5) is 22.6. The molecule has 2 atom stereocenters. The Balaban J connectivity index is 1.73. The zero-order valence-corrected chi connectivity index (χ0v) is 12.5. The maximum Gasteiger partial charge on any atom is 0.307 e. The molecule has 1 aliphatic rings. The van der Waals surface area contributed by atoms with Gasteiger partial charge in [0.15, 0.2) is 0 Å². The standard InChI is InChI=1S/C15H16N4O4/c1-10(18-9-11(8-16-18)19(21)22)15(20)17-13-6-7-23-14-5-3-2-4-12(13)14/h2-5,8-10,13H,6-7H2,1H3,(H,17,20)/t10-,13-/m0/s1. The summed E-state index contributed by atoms with van der Waals surface area (Å²) in [6, 6.07) is 6.79. The number of nitrogens with one attached hydrogen (secondary N) is 1. The summed E-state index contributed by atoms with van der Waals surface area (Å²) in [6.07, 6.45) is 3.06. The lowest BCUT2D eigenvalue weighted by Crippen LogP contribution is -2.36. The summed E-state index contributed by atoms with van der Waals surface area (Å²) < 4.78 is 6.86. The van der Waals surface area contributed by atoms with Crippen molar-refractivity contribution in [2.45, 2.75) is 25.4 Å². The second-order valence-corrected chi connectivity index (χ2v) is 5.35. The fraction of sp³-hybridized carbons (Fsp3) is 0.333. The normalized spacial score (nSPS) is 17.7. The maximum absolute atomic E-state index is 12.4. The van der Waals surface area contributed by atoms with Crippen molar-refractivity contribution in [1.82, 2.24) is 15.1 Å². The molecule has 1 aromatic carbocycles. The van der Waals surface area contributed by atoms with E-state index in [9.17, 15) is 14.9 Å². The highest BCUT2D eigenvalue weighted by molar-refractivity contribution is 5.80. The summed E-state index contributed by atoms with van der Waals surface area (Å²) in [5.74, 6) is 0.524. The van der Waals surface area contributed by atoms with Gasteiger partial charge in [0, 0.05) is 12.0 Å². The number of hydrogen-bond donors (Lipinski definition) is 1. The van der Waals surface area contributed by atoms with Crippen molar-refractivity contribution < 1.29 is 14.5 Å². The summed E-state index contributed by atoms with van der Waals surface area (Å²) in [5.41, 5.74) is 0.798. The van der Waals surface area contributed by atoms with Crippen molar-refractivity contribution in [3.05, 3.63) is 52.3 Å². The van der Waals surface area contributed by atoms with Crippen molar-refractivity contribution in [3.8, 4) is 5.75 Å². The van der Waals surface area contributed by atoms with E-state index in [4.69, 9.17) is 4.74 Å². The molecule has 0 saturated heterocycles. The average molecular weight is 316 g/mol. The highest BCUT2D eigenvalue weighted by Gasteiger charge is 2.26. The van der Waals surface area contributed by atoms with E-state index < -0.39 is 11.0 Å². The molecule has 0 aliphatic carbocycles. The van der Waals surface area contributed by atoms with E-state index >= 15 is 0 Å². The van der Waals surface area contributed by atoms with E-state index in [1.54, 1.807) is 6.92 Å². The topological polar surface area (TPSA) is 99.3 Å². The van der Waals surface area contributed by atoms with Crippen LogP contribution in [0.25, 0.3) is 0 Å². The molecule has 1 N–H and O–H groups in total.